The third kappa shape index (κ3) is 3.23. The number of anilines is 1. The number of carbonyl (C=O) groups excluding carboxylic acids is 1. The molecule has 1 aromatic carbocycles. The Morgan fingerprint density at radius 3 is 2.95 bits per heavy atom. The molecule has 0 saturated heterocycles. The van der Waals surface area contributed by atoms with Crippen molar-refractivity contribution in [1.82, 2.24) is 15.2 Å². The first kappa shape index (κ1) is 14.7. The highest BCUT2D eigenvalue weighted by Gasteiger charge is 2.15. The van der Waals surface area contributed by atoms with Crippen molar-refractivity contribution in [2.24, 2.45) is 0 Å². The van der Waals surface area contributed by atoms with Crippen molar-refractivity contribution in [3.63, 3.8) is 0 Å². The van der Waals surface area contributed by atoms with Crippen molar-refractivity contribution < 1.29 is 9.18 Å². The fourth-order valence-corrected chi connectivity index (χ4v) is 1.80. The molecule has 0 radical (unpaired) electrons. The molecule has 0 unspecified atom stereocenters. The lowest BCUT2D eigenvalue weighted by Crippen LogP contribution is -2.15. The summed E-state index contributed by atoms with van der Waals surface area (Å²) in [5, 5.41) is 17.8. The van der Waals surface area contributed by atoms with Gasteiger partial charge in [0.25, 0.3) is 5.91 Å². The van der Waals surface area contributed by atoms with Gasteiger partial charge in [0.15, 0.2) is 0 Å². The zero-order valence-corrected chi connectivity index (χ0v) is 11.7. The second-order valence-electron chi connectivity index (χ2n) is 4.55. The second kappa shape index (κ2) is 6.13. The van der Waals surface area contributed by atoms with Crippen LogP contribution in [0.5, 0.6) is 0 Å². The average Bonchev–Trinajstić information content (AvgIpc) is 2.92. The molecule has 0 spiro atoms. The van der Waals surface area contributed by atoms with Crippen LogP contribution in [0.4, 0.5) is 10.1 Å². The Bertz CT molecular complexity index is 717. The number of aromatic amines is 1. The van der Waals surface area contributed by atoms with Gasteiger partial charge in [-0.1, -0.05) is 6.92 Å². The van der Waals surface area contributed by atoms with Gasteiger partial charge in [-0.05, 0) is 25.5 Å². The number of carbonyl (C=O) groups is 1. The van der Waals surface area contributed by atoms with Crippen molar-refractivity contribution in [3.05, 3.63) is 40.7 Å². The Hall–Kier alpha value is -2.75. The molecule has 1 amide bonds. The minimum atomic E-state index is -0.550. The quantitative estimate of drug-likeness (QED) is 0.902. The summed E-state index contributed by atoms with van der Waals surface area (Å²) in [5.41, 5.74) is 0.625. The molecule has 108 valence electrons. The summed E-state index contributed by atoms with van der Waals surface area (Å²) in [6.07, 6.45) is 1.57. The minimum Gasteiger partial charge on any atom is -0.319 e. The van der Waals surface area contributed by atoms with E-state index in [9.17, 15) is 9.18 Å². The van der Waals surface area contributed by atoms with Gasteiger partial charge in [0, 0.05) is 17.7 Å². The number of amides is 1. The minimum absolute atomic E-state index is 0.0133. The zero-order valence-electron chi connectivity index (χ0n) is 11.7. The van der Waals surface area contributed by atoms with Crippen LogP contribution >= 0.6 is 0 Å². The SMILES string of the molecule is CCCc1nc(C(=O)Nc2cc(C#N)cc(F)c2C)n[nH]1. The first-order chi connectivity index (χ1) is 10.0. The van der Waals surface area contributed by atoms with E-state index < -0.39 is 11.7 Å². The molecule has 2 aromatic rings. The summed E-state index contributed by atoms with van der Waals surface area (Å²) >= 11 is 0. The Morgan fingerprint density at radius 1 is 1.52 bits per heavy atom. The monoisotopic (exact) mass is 287 g/mol. The molecule has 0 saturated carbocycles. The van der Waals surface area contributed by atoms with E-state index in [2.05, 4.69) is 20.5 Å². The van der Waals surface area contributed by atoms with E-state index in [1.165, 1.54) is 13.0 Å². The average molecular weight is 287 g/mol. The van der Waals surface area contributed by atoms with Crippen LogP contribution in [0.15, 0.2) is 12.1 Å². The molecular formula is C14H14FN5O. The number of nitriles is 1. The lowest BCUT2D eigenvalue weighted by atomic mass is 10.1. The van der Waals surface area contributed by atoms with E-state index in [-0.39, 0.29) is 22.6 Å². The number of hydrogen-bond donors (Lipinski definition) is 2. The van der Waals surface area contributed by atoms with Gasteiger partial charge in [0.2, 0.25) is 5.82 Å². The van der Waals surface area contributed by atoms with Crippen LogP contribution in [-0.2, 0) is 6.42 Å². The van der Waals surface area contributed by atoms with Crippen LogP contribution in [0.25, 0.3) is 0 Å². The van der Waals surface area contributed by atoms with Gasteiger partial charge in [-0.2, -0.15) is 5.26 Å². The Labute approximate surface area is 121 Å². The van der Waals surface area contributed by atoms with Crippen molar-refractivity contribution in [2.75, 3.05) is 5.32 Å². The fraction of sp³-hybridized carbons (Fsp3) is 0.286. The Balaban J connectivity index is 2.23. The van der Waals surface area contributed by atoms with E-state index in [1.807, 2.05) is 13.0 Å². The van der Waals surface area contributed by atoms with Gasteiger partial charge < -0.3 is 5.32 Å². The van der Waals surface area contributed by atoms with E-state index in [0.717, 1.165) is 12.5 Å². The van der Waals surface area contributed by atoms with Gasteiger partial charge in [-0.25, -0.2) is 9.37 Å². The summed E-state index contributed by atoms with van der Waals surface area (Å²) < 4.78 is 13.6. The molecule has 7 heteroatoms. The number of aryl methyl sites for hydroxylation is 1. The maximum atomic E-state index is 13.6. The van der Waals surface area contributed by atoms with Crippen LogP contribution in [-0.4, -0.2) is 21.1 Å². The molecule has 0 aliphatic rings. The van der Waals surface area contributed by atoms with Gasteiger partial charge in [-0.3, -0.25) is 9.89 Å². The van der Waals surface area contributed by atoms with E-state index in [4.69, 9.17) is 5.26 Å². The van der Waals surface area contributed by atoms with E-state index in [0.29, 0.717) is 12.2 Å². The summed E-state index contributed by atoms with van der Waals surface area (Å²) in [4.78, 5) is 16.1. The molecule has 0 fully saturated rings. The van der Waals surface area contributed by atoms with E-state index in [1.54, 1.807) is 0 Å². The number of H-pyrrole nitrogens is 1. The number of benzene rings is 1. The molecule has 0 bridgehead atoms. The molecule has 2 rings (SSSR count). The molecule has 1 heterocycles. The highest BCUT2D eigenvalue weighted by Crippen LogP contribution is 2.20. The molecule has 0 atom stereocenters. The van der Waals surface area contributed by atoms with Gasteiger partial charge in [0.1, 0.15) is 11.6 Å². The summed E-state index contributed by atoms with van der Waals surface area (Å²) in [7, 11) is 0. The molecular weight excluding hydrogens is 273 g/mol. The number of nitrogens with one attached hydrogen (secondary N) is 2. The maximum absolute atomic E-state index is 13.6. The lowest BCUT2D eigenvalue weighted by Gasteiger charge is -2.08. The van der Waals surface area contributed by atoms with Gasteiger partial charge >= 0.3 is 0 Å². The molecule has 6 nitrogen and oxygen atoms in total. The van der Waals surface area contributed by atoms with Crippen molar-refractivity contribution in [1.29, 1.82) is 5.26 Å². The van der Waals surface area contributed by atoms with Crippen molar-refractivity contribution in [2.45, 2.75) is 26.7 Å². The van der Waals surface area contributed by atoms with Crippen LogP contribution in [0, 0.1) is 24.1 Å². The first-order valence-electron chi connectivity index (χ1n) is 6.48. The topological polar surface area (TPSA) is 94.5 Å². The lowest BCUT2D eigenvalue weighted by molar-refractivity contribution is 0.101. The largest absolute Gasteiger partial charge is 0.319 e. The summed E-state index contributed by atoms with van der Waals surface area (Å²) in [6, 6.07) is 4.38. The highest BCUT2D eigenvalue weighted by atomic mass is 19.1. The van der Waals surface area contributed by atoms with Crippen LogP contribution < -0.4 is 5.32 Å². The summed E-state index contributed by atoms with van der Waals surface area (Å²) in [5.74, 6) is -0.492. The normalized spacial score (nSPS) is 10.2. The molecule has 1 aromatic heterocycles. The number of halogens is 1. The molecule has 2 N–H and O–H groups in total. The third-order valence-corrected chi connectivity index (χ3v) is 2.94. The Morgan fingerprint density at radius 2 is 2.29 bits per heavy atom. The molecule has 21 heavy (non-hydrogen) atoms. The van der Waals surface area contributed by atoms with Gasteiger partial charge in [0.05, 0.1) is 11.6 Å². The number of hydrogen-bond acceptors (Lipinski definition) is 4. The third-order valence-electron chi connectivity index (χ3n) is 2.94. The number of nitrogens with zero attached hydrogens (tertiary/aromatic N) is 3. The highest BCUT2D eigenvalue weighted by molar-refractivity contribution is 6.02. The van der Waals surface area contributed by atoms with Crippen molar-refractivity contribution >= 4 is 11.6 Å². The standard InChI is InChI=1S/C14H14FN5O/c1-3-4-12-18-13(20-19-12)14(21)17-11-6-9(7-16)5-10(15)8(11)2/h5-6H,3-4H2,1-2H3,(H,17,21)(H,18,19,20). The number of rotatable bonds is 4. The predicted molar refractivity (Wildman–Crippen MR) is 74.2 cm³/mol. The van der Waals surface area contributed by atoms with Gasteiger partial charge in [-0.15, -0.1) is 5.10 Å². The Kier molecular flexibility index (Phi) is 4.28. The van der Waals surface area contributed by atoms with Crippen molar-refractivity contribution in [3.8, 4) is 6.07 Å². The van der Waals surface area contributed by atoms with Crippen LogP contribution in [0.2, 0.25) is 0 Å². The smallest absolute Gasteiger partial charge is 0.295 e. The molecule has 0 aliphatic carbocycles. The van der Waals surface area contributed by atoms with Crippen LogP contribution in [0.1, 0.15) is 40.9 Å². The van der Waals surface area contributed by atoms with Crippen LogP contribution in [0.3, 0.4) is 0 Å². The summed E-state index contributed by atoms with van der Waals surface area (Å²) in [6.45, 7) is 3.51. The number of aromatic nitrogens is 3. The maximum Gasteiger partial charge on any atom is 0.295 e. The molecule has 0 aliphatic heterocycles. The predicted octanol–water partition coefficient (Wildman–Crippen LogP) is 2.33. The fourth-order valence-electron chi connectivity index (χ4n) is 1.80. The van der Waals surface area contributed by atoms with E-state index >= 15 is 0 Å². The zero-order chi connectivity index (χ0) is 15.4. The first-order valence-corrected chi connectivity index (χ1v) is 6.48. The second-order valence-corrected chi connectivity index (χ2v) is 4.55.